The van der Waals surface area contributed by atoms with Gasteiger partial charge in [-0.05, 0) is 52.9 Å². The third-order valence-corrected chi connectivity index (χ3v) is 7.67. The van der Waals surface area contributed by atoms with Gasteiger partial charge in [0.1, 0.15) is 5.82 Å². The van der Waals surface area contributed by atoms with Gasteiger partial charge in [-0.25, -0.2) is 4.98 Å². The van der Waals surface area contributed by atoms with E-state index < -0.39 is 0 Å². The van der Waals surface area contributed by atoms with Gasteiger partial charge in [0, 0.05) is 34.2 Å². The van der Waals surface area contributed by atoms with Gasteiger partial charge < -0.3 is 5.73 Å². The molecule has 1 aromatic carbocycles. The lowest BCUT2D eigenvalue weighted by atomic mass is 9.81. The minimum absolute atomic E-state index is 0.420. The van der Waals surface area contributed by atoms with Gasteiger partial charge in [0.2, 0.25) is 0 Å². The zero-order valence-corrected chi connectivity index (χ0v) is 19.9. The van der Waals surface area contributed by atoms with Gasteiger partial charge in [-0.15, -0.1) is 0 Å². The molecule has 0 saturated heterocycles. The SMILES string of the molecule is CC1CCC(c2nc3c(-c4ccc(-c5ccc6[nH]ncc6c5)nc4)cnn3c(N)c2Br)CC1. The van der Waals surface area contributed by atoms with Crippen LogP contribution in [0, 0.1) is 5.92 Å². The lowest BCUT2D eigenvalue weighted by Crippen LogP contribution is -2.15. The van der Waals surface area contributed by atoms with Gasteiger partial charge in [0.15, 0.2) is 5.65 Å². The van der Waals surface area contributed by atoms with Gasteiger partial charge in [0.05, 0.1) is 33.8 Å². The number of aromatic amines is 1. The number of benzene rings is 1. The van der Waals surface area contributed by atoms with E-state index in [9.17, 15) is 0 Å². The molecule has 7 nitrogen and oxygen atoms in total. The molecule has 5 aromatic rings. The van der Waals surface area contributed by atoms with Crippen LogP contribution in [0.3, 0.4) is 0 Å². The maximum Gasteiger partial charge on any atom is 0.165 e. The molecule has 1 aliphatic carbocycles. The molecule has 0 radical (unpaired) electrons. The molecule has 166 valence electrons. The van der Waals surface area contributed by atoms with Crippen molar-refractivity contribution in [2.45, 2.75) is 38.5 Å². The summed E-state index contributed by atoms with van der Waals surface area (Å²) in [6.07, 6.45) is 10.3. The van der Waals surface area contributed by atoms with Crippen molar-refractivity contribution in [1.29, 1.82) is 0 Å². The van der Waals surface area contributed by atoms with Crippen LogP contribution in [0.5, 0.6) is 0 Å². The van der Waals surface area contributed by atoms with Crippen LogP contribution in [0.1, 0.15) is 44.2 Å². The summed E-state index contributed by atoms with van der Waals surface area (Å²) in [5.74, 6) is 1.80. The number of anilines is 1. The number of hydrogen-bond acceptors (Lipinski definition) is 5. The Balaban J connectivity index is 1.38. The highest BCUT2D eigenvalue weighted by molar-refractivity contribution is 9.10. The number of rotatable bonds is 3. The fraction of sp³-hybridized carbons (Fsp3) is 0.280. The van der Waals surface area contributed by atoms with Crippen molar-refractivity contribution >= 4 is 38.3 Å². The Morgan fingerprint density at radius 1 is 1.03 bits per heavy atom. The molecule has 33 heavy (non-hydrogen) atoms. The zero-order valence-electron chi connectivity index (χ0n) is 18.3. The zero-order chi connectivity index (χ0) is 22.5. The Labute approximate surface area is 199 Å². The number of halogens is 1. The molecule has 0 aliphatic heterocycles. The van der Waals surface area contributed by atoms with E-state index >= 15 is 0 Å². The van der Waals surface area contributed by atoms with Gasteiger partial charge >= 0.3 is 0 Å². The third kappa shape index (κ3) is 3.49. The molecule has 0 bridgehead atoms. The summed E-state index contributed by atoms with van der Waals surface area (Å²) >= 11 is 3.70. The molecule has 1 aliphatic rings. The van der Waals surface area contributed by atoms with Gasteiger partial charge in [-0.3, -0.25) is 10.1 Å². The average Bonchev–Trinajstić information content (AvgIpc) is 3.49. The van der Waals surface area contributed by atoms with Crippen LogP contribution in [-0.2, 0) is 0 Å². The highest BCUT2D eigenvalue weighted by Gasteiger charge is 2.26. The summed E-state index contributed by atoms with van der Waals surface area (Å²) < 4.78 is 2.59. The van der Waals surface area contributed by atoms with Crippen LogP contribution in [-0.4, -0.2) is 29.8 Å². The van der Waals surface area contributed by atoms with Crippen molar-refractivity contribution in [3.8, 4) is 22.4 Å². The van der Waals surface area contributed by atoms with Crippen LogP contribution in [0.2, 0.25) is 0 Å². The van der Waals surface area contributed by atoms with Crippen molar-refractivity contribution in [1.82, 2.24) is 29.8 Å². The van der Waals surface area contributed by atoms with E-state index in [0.29, 0.717) is 11.7 Å². The molecule has 8 heteroatoms. The molecule has 1 fully saturated rings. The second-order valence-corrected chi connectivity index (χ2v) is 9.84. The number of H-pyrrole nitrogens is 1. The second kappa shape index (κ2) is 7.95. The van der Waals surface area contributed by atoms with Crippen molar-refractivity contribution in [3.05, 3.63) is 59.1 Å². The number of aromatic nitrogens is 6. The summed E-state index contributed by atoms with van der Waals surface area (Å²) in [7, 11) is 0. The fourth-order valence-electron chi connectivity index (χ4n) is 4.85. The number of nitrogens with two attached hydrogens (primary N) is 1. The van der Waals surface area contributed by atoms with E-state index in [4.69, 9.17) is 15.7 Å². The first-order valence-electron chi connectivity index (χ1n) is 11.3. The molecular formula is C25H24BrN7. The Hall–Kier alpha value is -3.26. The molecule has 0 unspecified atom stereocenters. The first-order valence-corrected chi connectivity index (χ1v) is 12.1. The van der Waals surface area contributed by atoms with Gasteiger partial charge in [-0.2, -0.15) is 14.7 Å². The first-order chi connectivity index (χ1) is 16.1. The molecule has 3 N–H and O–H groups in total. The van der Waals surface area contributed by atoms with Crippen LogP contribution in [0.15, 0.2) is 53.4 Å². The molecule has 0 amide bonds. The number of pyridine rings is 1. The molecule has 0 atom stereocenters. The number of hydrogen-bond donors (Lipinski definition) is 2. The Bertz CT molecular complexity index is 1460. The molecule has 6 rings (SSSR count). The van der Waals surface area contributed by atoms with Gasteiger partial charge in [-0.1, -0.05) is 31.9 Å². The van der Waals surface area contributed by atoms with Crippen molar-refractivity contribution < 1.29 is 0 Å². The van der Waals surface area contributed by atoms with E-state index in [1.54, 1.807) is 4.52 Å². The summed E-state index contributed by atoms with van der Waals surface area (Å²) in [4.78, 5) is 9.79. The molecule has 0 spiro atoms. The average molecular weight is 502 g/mol. The normalized spacial score (nSPS) is 18.8. The summed E-state index contributed by atoms with van der Waals surface area (Å²) in [5, 5.41) is 12.7. The Morgan fingerprint density at radius 3 is 2.64 bits per heavy atom. The maximum absolute atomic E-state index is 6.47. The molecule has 4 aromatic heterocycles. The van der Waals surface area contributed by atoms with E-state index in [2.05, 4.69) is 56.3 Å². The number of fused-ring (bicyclic) bond motifs is 2. The summed E-state index contributed by atoms with van der Waals surface area (Å²) in [5.41, 5.74) is 13.2. The highest BCUT2D eigenvalue weighted by Crippen LogP contribution is 2.40. The summed E-state index contributed by atoms with van der Waals surface area (Å²) in [6, 6.07) is 10.3. The van der Waals surface area contributed by atoms with Crippen LogP contribution in [0.4, 0.5) is 5.82 Å². The van der Waals surface area contributed by atoms with E-state index in [0.717, 1.165) is 67.9 Å². The first kappa shape index (κ1) is 20.4. The monoisotopic (exact) mass is 501 g/mol. The Kier molecular flexibility index (Phi) is 4.90. The van der Waals surface area contributed by atoms with E-state index in [1.165, 1.54) is 12.8 Å². The maximum atomic E-state index is 6.47. The van der Waals surface area contributed by atoms with Gasteiger partial charge in [0.25, 0.3) is 0 Å². The number of nitrogens with zero attached hydrogens (tertiary/aromatic N) is 5. The minimum atomic E-state index is 0.420. The van der Waals surface area contributed by atoms with Crippen LogP contribution >= 0.6 is 15.9 Å². The predicted molar refractivity (Wildman–Crippen MR) is 134 cm³/mol. The van der Waals surface area contributed by atoms with Crippen LogP contribution < -0.4 is 5.73 Å². The summed E-state index contributed by atoms with van der Waals surface area (Å²) in [6.45, 7) is 2.33. The van der Waals surface area contributed by atoms with Crippen molar-refractivity contribution in [3.63, 3.8) is 0 Å². The van der Waals surface area contributed by atoms with Crippen molar-refractivity contribution in [2.75, 3.05) is 5.73 Å². The molecule has 1 saturated carbocycles. The highest BCUT2D eigenvalue weighted by atomic mass is 79.9. The molecule has 4 heterocycles. The second-order valence-electron chi connectivity index (χ2n) is 9.05. The van der Waals surface area contributed by atoms with Crippen molar-refractivity contribution in [2.24, 2.45) is 5.92 Å². The Morgan fingerprint density at radius 2 is 1.85 bits per heavy atom. The molecular weight excluding hydrogens is 478 g/mol. The number of nitrogen functional groups attached to an aromatic ring is 1. The number of nitrogens with one attached hydrogen (secondary N) is 1. The van der Waals surface area contributed by atoms with E-state index in [-0.39, 0.29) is 0 Å². The van der Waals surface area contributed by atoms with E-state index in [1.807, 2.05) is 30.7 Å². The lowest BCUT2D eigenvalue weighted by molar-refractivity contribution is 0.343. The topological polar surface area (TPSA) is 97.8 Å². The quantitative estimate of drug-likeness (QED) is 0.317. The minimum Gasteiger partial charge on any atom is -0.383 e. The smallest absolute Gasteiger partial charge is 0.165 e. The van der Waals surface area contributed by atoms with Crippen LogP contribution in [0.25, 0.3) is 38.9 Å². The standard InChI is InChI=1S/C25H24BrN7/c1-14-2-4-15(5-3-14)23-22(26)24(27)33-25(31-23)19(13-30-33)17-7-8-20(28-11-17)16-6-9-21-18(10-16)12-29-32-21/h6-15H,2-5,27H2,1H3,(H,29,32). The predicted octanol–water partition coefficient (Wildman–Crippen LogP) is 5.97. The largest absolute Gasteiger partial charge is 0.383 e. The fourth-order valence-corrected chi connectivity index (χ4v) is 5.43. The third-order valence-electron chi connectivity index (χ3n) is 6.86. The lowest BCUT2D eigenvalue weighted by Gasteiger charge is -2.26.